The number of nitrogens with one attached hydrogen (secondary N) is 2. The van der Waals surface area contributed by atoms with Crippen molar-refractivity contribution in [2.45, 2.75) is 25.8 Å². The third kappa shape index (κ3) is 3.75. The Morgan fingerprint density at radius 1 is 1.64 bits per heavy atom. The first kappa shape index (κ1) is 11.7. The Hall–Kier alpha value is -0.420. The number of rotatable bonds is 5. The number of carbonyl (C=O) groups excluding carboxylic acids is 1. The molecule has 0 aromatic rings. The summed E-state index contributed by atoms with van der Waals surface area (Å²) in [7, 11) is -0.780. The molecule has 0 saturated carbocycles. The Kier molecular flexibility index (Phi) is 5.11. The van der Waals surface area contributed by atoms with Gasteiger partial charge in [0.15, 0.2) is 0 Å². The van der Waals surface area contributed by atoms with E-state index >= 15 is 0 Å². The van der Waals surface area contributed by atoms with Crippen molar-refractivity contribution < 1.29 is 9.00 Å². The van der Waals surface area contributed by atoms with Crippen molar-refractivity contribution in [2.24, 2.45) is 0 Å². The summed E-state index contributed by atoms with van der Waals surface area (Å²) >= 11 is 0. The highest BCUT2D eigenvalue weighted by molar-refractivity contribution is 7.84. The van der Waals surface area contributed by atoms with Gasteiger partial charge in [-0.3, -0.25) is 9.00 Å². The van der Waals surface area contributed by atoms with Gasteiger partial charge in [-0.1, -0.05) is 6.92 Å². The van der Waals surface area contributed by atoms with Crippen LogP contribution in [0.2, 0.25) is 0 Å². The van der Waals surface area contributed by atoms with Gasteiger partial charge in [0.05, 0.1) is 6.04 Å². The molecule has 2 N–H and O–H groups in total. The Bertz CT molecular complexity index is 215. The van der Waals surface area contributed by atoms with Gasteiger partial charge >= 0.3 is 0 Å². The molecule has 1 saturated heterocycles. The molecule has 1 amide bonds. The van der Waals surface area contributed by atoms with Gasteiger partial charge in [-0.25, -0.2) is 0 Å². The molecule has 0 spiro atoms. The Morgan fingerprint density at radius 3 is 3.00 bits per heavy atom. The van der Waals surface area contributed by atoms with E-state index in [1.165, 1.54) is 0 Å². The van der Waals surface area contributed by atoms with Gasteiger partial charge in [0.1, 0.15) is 0 Å². The first-order valence-corrected chi connectivity index (χ1v) is 6.59. The molecule has 0 bridgehead atoms. The third-order valence-electron chi connectivity index (χ3n) is 2.33. The van der Waals surface area contributed by atoms with Crippen molar-refractivity contribution in [3.63, 3.8) is 0 Å². The zero-order valence-electron chi connectivity index (χ0n) is 8.54. The molecule has 1 aliphatic heterocycles. The van der Waals surface area contributed by atoms with Crippen LogP contribution >= 0.6 is 0 Å². The van der Waals surface area contributed by atoms with Crippen molar-refractivity contribution in [1.82, 2.24) is 10.6 Å². The molecule has 1 fully saturated rings. The fourth-order valence-electron chi connectivity index (χ4n) is 1.46. The molecule has 2 atom stereocenters. The average Bonchev–Trinajstić information content (AvgIpc) is 2.70. The van der Waals surface area contributed by atoms with E-state index in [1.807, 2.05) is 6.92 Å². The summed E-state index contributed by atoms with van der Waals surface area (Å²) in [5.74, 6) is 1.28. The third-order valence-corrected chi connectivity index (χ3v) is 3.63. The smallest absolute Gasteiger partial charge is 0.237 e. The van der Waals surface area contributed by atoms with Crippen molar-refractivity contribution in [1.29, 1.82) is 0 Å². The minimum Gasteiger partial charge on any atom is -0.354 e. The predicted octanol–water partition coefficient (Wildman–Crippen LogP) is -0.377. The Balaban J connectivity index is 2.11. The molecule has 4 nitrogen and oxygen atoms in total. The van der Waals surface area contributed by atoms with Crippen LogP contribution in [0.4, 0.5) is 0 Å². The van der Waals surface area contributed by atoms with Crippen LogP contribution in [0.15, 0.2) is 0 Å². The van der Waals surface area contributed by atoms with Crippen LogP contribution in [0.5, 0.6) is 0 Å². The topological polar surface area (TPSA) is 58.2 Å². The van der Waals surface area contributed by atoms with Crippen LogP contribution in [0, 0.1) is 0 Å². The fourth-order valence-corrected chi connectivity index (χ4v) is 2.08. The van der Waals surface area contributed by atoms with E-state index in [1.54, 1.807) is 0 Å². The maximum atomic E-state index is 11.4. The molecular weight excluding hydrogens is 200 g/mol. The zero-order chi connectivity index (χ0) is 10.4. The monoisotopic (exact) mass is 218 g/mol. The number of carbonyl (C=O) groups is 1. The zero-order valence-corrected chi connectivity index (χ0v) is 9.36. The van der Waals surface area contributed by atoms with Gasteiger partial charge in [0.25, 0.3) is 0 Å². The van der Waals surface area contributed by atoms with Crippen LogP contribution in [-0.2, 0) is 15.6 Å². The van der Waals surface area contributed by atoms with Crippen LogP contribution in [0.3, 0.4) is 0 Å². The molecule has 1 heterocycles. The van der Waals surface area contributed by atoms with Gasteiger partial charge in [-0.15, -0.1) is 0 Å². The number of hydrogen-bond acceptors (Lipinski definition) is 3. The van der Waals surface area contributed by atoms with Crippen molar-refractivity contribution >= 4 is 16.7 Å². The molecule has 0 aliphatic carbocycles. The molecular formula is C9H18N2O2S. The lowest BCUT2D eigenvalue weighted by Gasteiger charge is -2.10. The second-order valence-corrected chi connectivity index (χ2v) is 5.24. The van der Waals surface area contributed by atoms with Gasteiger partial charge < -0.3 is 10.6 Å². The Morgan fingerprint density at radius 2 is 2.43 bits per heavy atom. The quantitative estimate of drug-likeness (QED) is 0.661. The van der Waals surface area contributed by atoms with Gasteiger partial charge in [-0.2, -0.15) is 0 Å². The molecule has 82 valence electrons. The first-order valence-electron chi connectivity index (χ1n) is 5.10. The lowest BCUT2D eigenvalue weighted by molar-refractivity contribution is -0.122. The largest absolute Gasteiger partial charge is 0.354 e. The maximum absolute atomic E-state index is 11.4. The van der Waals surface area contributed by atoms with E-state index in [0.29, 0.717) is 18.1 Å². The van der Waals surface area contributed by atoms with E-state index in [0.717, 1.165) is 19.4 Å². The molecule has 1 rings (SSSR count). The van der Waals surface area contributed by atoms with E-state index in [4.69, 9.17) is 0 Å². The predicted molar refractivity (Wildman–Crippen MR) is 57.6 cm³/mol. The van der Waals surface area contributed by atoms with E-state index in [-0.39, 0.29) is 11.9 Å². The van der Waals surface area contributed by atoms with E-state index in [9.17, 15) is 9.00 Å². The first-order chi connectivity index (χ1) is 6.74. The maximum Gasteiger partial charge on any atom is 0.237 e. The molecule has 5 heteroatoms. The van der Waals surface area contributed by atoms with Crippen LogP contribution in [0.1, 0.15) is 19.8 Å². The number of amides is 1. The SMILES string of the molecule is CCS(=O)CCNC(=O)[C@H]1CCCN1. The summed E-state index contributed by atoms with van der Waals surface area (Å²) in [5, 5.41) is 5.92. The van der Waals surface area contributed by atoms with E-state index < -0.39 is 10.8 Å². The van der Waals surface area contributed by atoms with Gasteiger partial charge in [0, 0.05) is 28.9 Å². The van der Waals surface area contributed by atoms with Crippen molar-refractivity contribution in [3.8, 4) is 0 Å². The van der Waals surface area contributed by atoms with Crippen LogP contribution in [0.25, 0.3) is 0 Å². The van der Waals surface area contributed by atoms with Crippen LogP contribution < -0.4 is 10.6 Å². The van der Waals surface area contributed by atoms with Crippen molar-refractivity contribution in [2.75, 3.05) is 24.6 Å². The fraction of sp³-hybridized carbons (Fsp3) is 0.889. The molecule has 0 radical (unpaired) electrons. The summed E-state index contributed by atoms with van der Waals surface area (Å²) < 4.78 is 11.1. The second-order valence-electron chi connectivity index (χ2n) is 3.37. The molecule has 1 unspecified atom stereocenters. The summed E-state index contributed by atoms with van der Waals surface area (Å²) in [6, 6.07) is -0.0231. The summed E-state index contributed by atoms with van der Waals surface area (Å²) in [6.07, 6.45) is 1.99. The minimum absolute atomic E-state index is 0.0231. The molecule has 0 aromatic heterocycles. The second kappa shape index (κ2) is 6.14. The molecule has 1 aliphatic rings. The average molecular weight is 218 g/mol. The lowest BCUT2D eigenvalue weighted by Crippen LogP contribution is -2.41. The molecule has 14 heavy (non-hydrogen) atoms. The van der Waals surface area contributed by atoms with Crippen molar-refractivity contribution in [3.05, 3.63) is 0 Å². The highest BCUT2D eigenvalue weighted by Crippen LogP contribution is 2.03. The Labute approximate surface area is 87.3 Å². The highest BCUT2D eigenvalue weighted by atomic mass is 32.2. The van der Waals surface area contributed by atoms with Gasteiger partial charge in [0.2, 0.25) is 5.91 Å². The standard InChI is InChI=1S/C9H18N2O2S/c1-2-14(13)7-6-11-9(12)8-4-3-5-10-8/h8,10H,2-7H2,1H3,(H,11,12)/t8-,14?/m1/s1. The minimum atomic E-state index is -0.780. The van der Waals surface area contributed by atoms with E-state index in [2.05, 4.69) is 10.6 Å². The summed E-state index contributed by atoms with van der Waals surface area (Å²) in [6.45, 7) is 3.34. The highest BCUT2D eigenvalue weighted by Gasteiger charge is 2.21. The summed E-state index contributed by atoms with van der Waals surface area (Å²) in [5.41, 5.74) is 0. The normalized spacial score (nSPS) is 23.4. The summed E-state index contributed by atoms with van der Waals surface area (Å²) in [4.78, 5) is 11.4. The van der Waals surface area contributed by atoms with Crippen LogP contribution in [-0.4, -0.2) is 40.8 Å². The van der Waals surface area contributed by atoms with Gasteiger partial charge in [-0.05, 0) is 19.4 Å². The number of hydrogen-bond donors (Lipinski definition) is 2. The lowest BCUT2D eigenvalue weighted by atomic mass is 10.2. The molecule has 0 aromatic carbocycles.